The van der Waals surface area contributed by atoms with E-state index < -0.39 is 10.0 Å². The molecule has 0 radical (unpaired) electrons. The predicted octanol–water partition coefficient (Wildman–Crippen LogP) is 1.37. The third kappa shape index (κ3) is 4.88. The third-order valence-electron chi connectivity index (χ3n) is 3.15. The molecule has 0 heterocycles. The lowest BCUT2D eigenvalue weighted by Crippen LogP contribution is -2.36. The van der Waals surface area contributed by atoms with Gasteiger partial charge in [-0.3, -0.25) is 4.79 Å². The summed E-state index contributed by atoms with van der Waals surface area (Å²) in [6, 6.07) is 5.76. The van der Waals surface area contributed by atoms with Gasteiger partial charge in [0.15, 0.2) is 0 Å². The number of carbonyl (C=O) groups excluding carboxylic acids is 1. The van der Waals surface area contributed by atoms with Crippen LogP contribution in [0.15, 0.2) is 29.2 Å². The van der Waals surface area contributed by atoms with E-state index in [1.807, 2.05) is 20.8 Å². The summed E-state index contributed by atoms with van der Waals surface area (Å²) < 4.78 is 25.9. The smallest absolute Gasteiger partial charge is 0.251 e. The molecule has 1 unspecified atom stereocenters. The lowest BCUT2D eigenvalue weighted by molar-refractivity contribution is 0.0930. The van der Waals surface area contributed by atoms with Crippen LogP contribution in [-0.2, 0) is 10.0 Å². The summed E-state index contributed by atoms with van der Waals surface area (Å²) in [5.41, 5.74) is 0.415. The first kappa shape index (κ1) is 17.2. The largest absolute Gasteiger partial charge is 0.349 e. The molecule has 114 valence electrons. The molecule has 1 rings (SSSR count). The first-order valence-electron chi connectivity index (χ1n) is 6.62. The number of terminal acetylenes is 1. The minimum atomic E-state index is -3.63. The normalized spacial score (nSPS) is 12.7. The fourth-order valence-electron chi connectivity index (χ4n) is 1.46. The van der Waals surface area contributed by atoms with E-state index in [1.54, 1.807) is 0 Å². The van der Waals surface area contributed by atoms with Crippen LogP contribution in [0.25, 0.3) is 0 Å². The highest BCUT2D eigenvalue weighted by Crippen LogP contribution is 2.11. The van der Waals surface area contributed by atoms with Crippen LogP contribution in [0, 0.1) is 18.3 Å². The summed E-state index contributed by atoms with van der Waals surface area (Å²) in [6.07, 6.45) is 5.02. The molecule has 0 aliphatic rings. The zero-order valence-electron chi connectivity index (χ0n) is 12.4. The molecule has 21 heavy (non-hydrogen) atoms. The van der Waals surface area contributed by atoms with Crippen molar-refractivity contribution >= 4 is 15.9 Å². The predicted molar refractivity (Wildman–Crippen MR) is 82.2 cm³/mol. The topological polar surface area (TPSA) is 75.3 Å². The molecule has 0 fully saturated rings. The van der Waals surface area contributed by atoms with E-state index in [1.165, 1.54) is 24.3 Å². The highest BCUT2D eigenvalue weighted by Gasteiger charge is 2.15. The Labute approximate surface area is 126 Å². The van der Waals surface area contributed by atoms with Crippen LogP contribution in [0.3, 0.4) is 0 Å². The molecule has 1 atom stereocenters. The molecule has 1 amide bonds. The molecular formula is C15H20N2O3S. The highest BCUT2D eigenvalue weighted by molar-refractivity contribution is 7.89. The molecule has 6 heteroatoms. The van der Waals surface area contributed by atoms with Crippen molar-refractivity contribution in [1.29, 1.82) is 0 Å². The Morgan fingerprint density at radius 2 is 1.81 bits per heavy atom. The summed E-state index contributed by atoms with van der Waals surface area (Å²) in [5, 5.41) is 2.86. The Morgan fingerprint density at radius 3 is 2.29 bits per heavy atom. The third-order valence-corrected chi connectivity index (χ3v) is 4.57. The molecular weight excluding hydrogens is 288 g/mol. The molecule has 1 aromatic rings. The zero-order chi connectivity index (χ0) is 16.0. The van der Waals surface area contributed by atoms with E-state index in [2.05, 4.69) is 16.0 Å². The Morgan fingerprint density at radius 1 is 1.24 bits per heavy atom. The van der Waals surface area contributed by atoms with Gasteiger partial charge < -0.3 is 5.32 Å². The molecule has 0 saturated carbocycles. The monoisotopic (exact) mass is 308 g/mol. The minimum absolute atomic E-state index is 0.0400. The van der Waals surface area contributed by atoms with Gasteiger partial charge in [0.1, 0.15) is 0 Å². The van der Waals surface area contributed by atoms with Gasteiger partial charge in [-0.25, -0.2) is 8.42 Å². The van der Waals surface area contributed by atoms with Gasteiger partial charge in [-0.1, -0.05) is 19.8 Å². The summed E-state index contributed by atoms with van der Waals surface area (Å²) in [6.45, 7) is 5.87. The van der Waals surface area contributed by atoms with Crippen molar-refractivity contribution in [2.75, 3.05) is 6.54 Å². The first-order chi connectivity index (χ1) is 9.77. The van der Waals surface area contributed by atoms with Crippen LogP contribution >= 0.6 is 0 Å². The molecule has 0 saturated heterocycles. The second-order valence-corrected chi connectivity index (χ2v) is 6.83. The second-order valence-electron chi connectivity index (χ2n) is 5.06. The van der Waals surface area contributed by atoms with Crippen LogP contribution in [-0.4, -0.2) is 26.9 Å². The van der Waals surface area contributed by atoms with Crippen molar-refractivity contribution in [3.8, 4) is 12.3 Å². The average Bonchev–Trinajstić information content (AvgIpc) is 2.45. The van der Waals surface area contributed by atoms with E-state index >= 15 is 0 Å². The summed E-state index contributed by atoms with van der Waals surface area (Å²) in [4.78, 5) is 12.1. The number of benzene rings is 1. The van der Waals surface area contributed by atoms with Crippen molar-refractivity contribution in [2.45, 2.75) is 31.7 Å². The standard InChI is InChI=1S/C15H20N2O3S/c1-5-10-16-21(19,20)14-8-6-13(7-9-14)15(18)17-12(4)11(2)3/h1,6-9,11-12,16H,10H2,2-4H3,(H,17,18). The molecule has 0 aliphatic carbocycles. The number of carbonyl (C=O) groups is 1. The van der Waals surface area contributed by atoms with Crippen LogP contribution in [0.2, 0.25) is 0 Å². The number of hydrogen-bond donors (Lipinski definition) is 2. The van der Waals surface area contributed by atoms with E-state index in [0.717, 1.165) is 0 Å². The Bertz CT molecular complexity index is 628. The molecule has 5 nitrogen and oxygen atoms in total. The SMILES string of the molecule is C#CCNS(=O)(=O)c1ccc(C(=O)NC(C)C(C)C)cc1. The highest BCUT2D eigenvalue weighted by atomic mass is 32.2. The quantitative estimate of drug-likeness (QED) is 0.780. The van der Waals surface area contributed by atoms with Crippen molar-refractivity contribution in [3.05, 3.63) is 29.8 Å². The van der Waals surface area contributed by atoms with E-state index in [9.17, 15) is 13.2 Å². The summed E-state index contributed by atoms with van der Waals surface area (Å²) >= 11 is 0. The number of rotatable bonds is 6. The Hall–Kier alpha value is -1.84. The maximum Gasteiger partial charge on any atom is 0.251 e. The fraction of sp³-hybridized carbons (Fsp3) is 0.400. The number of sulfonamides is 1. The molecule has 0 aliphatic heterocycles. The van der Waals surface area contributed by atoms with Gasteiger partial charge in [0.2, 0.25) is 10.0 Å². The molecule has 2 N–H and O–H groups in total. The van der Waals surface area contributed by atoms with Gasteiger partial charge in [0.05, 0.1) is 11.4 Å². The lowest BCUT2D eigenvalue weighted by atomic mass is 10.1. The van der Waals surface area contributed by atoms with Crippen LogP contribution in [0.4, 0.5) is 0 Å². The fourth-order valence-corrected chi connectivity index (χ4v) is 2.40. The lowest BCUT2D eigenvalue weighted by Gasteiger charge is -2.17. The van der Waals surface area contributed by atoms with Gasteiger partial charge in [0, 0.05) is 11.6 Å². The van der Waals surface area contributed by atoms with Gasteiger partial charge >= 0.3 is 0 Å². The number of hydrogen-bond acceptors (Lipinski definition) is 3. The molecule has 1 aromatic carbocycles. The molecule has 0 bridgehead atoms. The van der Waals surface area contributed by atoms with Crippen molar-refractivity contribution in [1.82, 2.24) is 10.0 Å². The second kappa shape index (κ2) is 7.25. The van der Waals surface area contributed by atoms with E-state index in [-0.39, 0.29) is 23.4 Å². The molecule has 0 aromatic heterocycles. The molecule has 0 spiro atoms. The Kier molecular flexibility index (Phi) is 5.94. The van der Waals surface area contributed by atoms with Gasteiger partial charge in [-0.15, -0.1) is 6.42 Å². The van der Waals surface area contributed by atoms with E-state index in [0.29, 0.717) is 11.5 Å². The van der Waals surface area contributed by atoms with Gasteiger partial charge in [-0.05, 0) is 37.1 Å². The van der Waals surface area contributed by atoms with Crippen LogP contribution in [0.5, 0.6) is 0 Å². The number of amides is 1. The van der Waals surface area contributed by atoms with Gasteiger partial charge in [0.25, 0.3) is 5.91 Å². The first-order valence-corrected chi connectivity index (χ1v) is 8.10. The van der Waals surface area contributed by atoms with Crippen molar-refractivity contribution in [2.24, 2.45) is 5.92 Å². The number of nitrogens with one attached hydrogen (secondary N) is 2. The van der Waals surface area contributed by atoms with E-state index in [4.69, 9.17) is 6.42 Å². The Balaban J connectivity index is 2.83. The maximum atomic E-state index is 12.0. The van der Waals surface area contributed by atoms with Crippen molar-refractivity contribution < 1.29 is 13.2 Å². The zero-order valence-corrected chi connectivity index (χ0v) is 13.2. The van der Waals surface area contributed by atoms with Crippen LogP contribution < -0.4 is 10.0 Å². The van der Waals surface area contributed by atoms with Crippen LogP contribution in [0.1, 0.15) is 31.1 Å². The average molecular weight is 308 g/mol. The maximum absolute atomic E-state index is 12.0. The summed E-state index contributed by atoms with van der Waals surface area (Å²) in [7, 11) is -3.63. The van der Waals surface area contributed by atoms with Gasteiger partial charge in [-0.2, -0.15) is 4.72 Å². The minimum Gasteiger partial charge on any atom is -0.349 e. The van der Waals surface area contributed by atoms with Crippen molar-refractivity contribution in [3.63, 3.8) is 0 Å². The summed E-state index contributed by atoms with van der Waals surface area (Å²) in [5.74, 6) is 2.30.